The molecule has 0 aliphatic heterocycles. The number of hydrogen-bond acceptors (Lipinski definition) is 2. The first kappa shape index (κ1) is 17.1. The van der Waals surface area contributed by atoms with Crippen LogP contribution in [-0.2, 0) is 4.79 Å². The molecule has 0 saturated carbocycles. The van der Waals surface area contributed by atoms with Crippen molar-refractivity contribution >= 4 is 23.2 Å². The van der Waals surface area contributed by atoms with Gasteiger partial charge < -0.3 is 10.1 Å². The quantitative estimate of drug-likeness (QED) is 0.644. The van der Waals surface area contributed by atoms with Gasteiger partial charge in [0.2, 0.25) is 5.91 Å². The van der Waals surface area contributed by atoms with Crippen molar-refractivity contribution in [3.63, 3.8) is 0 Å². The molecule has 0 aliphatic rings. The highest BCUT2D eigenvalue weighted by Gasteiger charge is 2.08. The average Bonchev–Trinajstić information content (AvgIpc) is 2.63. The van der Waals surface area contributed by atoms with E-state index in [1.54, 1.807) is 12.1 Å². The van der Waals surface area contributed by atoms with E-state index in [1.807, 2.05) is 66.7 Å². The van der Waals surface area contributed by atoms with Gasteiger partial charge in [-0.2, -0.15) is 0 Å². The lowest BCUT2D eigenvalue weighted by Crippen LogP contribution is -2.15. The number of benzene rings is 3. The number of nitrogens with one attached hydrogen (secondary N) is 1. The Morgan fingerprint density at radius 3 is 2.48 bits per heavy atom. The first-order valence-corrected chi connectivity index (χ1v) is 8.43. The lowest BCUT2D eigenvalue weighted by molar-refractivity contribution is -0.116. The number of para-hydroxylation sites is 1. The molecule has 1 N–H and O–H groups in total. The summed E-state index contributed by atoms with van der Waals surface area (Å²) in [6, 6.07) is 24.9. The van der Waals surface area contributed by atoms with Crippen LogP contribution in [0.2, 0.25) is 5.02 Å². The minimum Gasteiger partial charge on any atom is -0.493 e. The van der Waals surface area contributed by atoms with E-state index in [2.05, 4.69) is 5.32 Å². The van der Waals surface area contributed by atoms with Crippen molar-refractivity contribution in [2.45, 2.75) is 6.42 Å². The van der Waals surface area contributed by atoms with Gasteiger partial charge in [-0.3, -0.25) is 4.79 Å². The second-order valence-electron chi connectivity index (χ2n) is 5.52. The van der Waals surface area contributed by atoms with Crippen LogP contribution in [0.5, 0.6) is 5.75 Å². The van der Waals surface area contributed by atoms with Crippen molar-refractivity contribution in [2.75, 3.05) is 11.9 Å². The van der Waals surface area contributed by atoms with E-state index in [4.69, 9.17) is 16.3 Å². The zero-order valence-electron chi connectivity index (χ0n) is 13.6. The summed E-state index contributed by atoms with van der Waals surface area (Å²) in [7, 11) is 0. The van der Waals surface area contributed by atoms with Gasteiger partial charge in [0.05, 0.1) is 13.0 Å². The summed E-state index contributed by atoms with van der Waals surface area (Å²) in [6.07, 6.45) is 0.260. The molecular weight excluding hydrogens is 334 g/mol. The molecular formula is C21H18ClNO2. The number of amides is 1. The summed E-state index contributed by atoms with van der Waals surface area (Å²) in [4.78, 5) is 12.2. The molecule has 3 rings (SSSR count). The summed E-state index contributed by atoms with van der Waals surface area (Å²) in [5.41, 5.74) is 2.85. The standard InChI is InChI=1S/C21H18ClNO2/c22-17-9-6-10-18(15-17)25-14-13-21(24)23-20-12-5-4-11-19(20)16-7-2-1-3-8-16/h1-12,15H,13-14H2,(H,23,24). The van der Waals surface area contributed by atoms with E-state index >= 15 is 0 Å². The third-order valence-corrected chi connectivity index (χ3v) is 3.91. The number of halogens is 1. The Labute approximate surface area is 152 Å². The molecule has 0 unspecified atom stereocenters. The smallest absolute Gasteiger partial charge is 0.227 e. The van der Waals surface area contributed by atoms with Crippen LogP contribution in [-0.4, -0.2) is 12.5 Å². The maximum absolute atomic E-state index is 12.2. The summed E-state index contributed by atoms with van der Waals surface area (Å²) in [5, 5.41) is 3.57. The van der Waals surface area contributed by atoms with Crippen molar-refractivity contribution in [3.8, 4) is 16.9 Å². The maximum Gasteiger partial charge on any atom is 0.227 e. The van der Waals surface area contributed by atoms with E-state index in [9.17, 15) is 4.79 Å². The molecule has 3 aromatic rings. The van der Waals surface area contributed by atoms with Gasteiger partial charge >= 0.3 is 0 Å². The Balaban J connectivity index is 1.60. The van der Waals surface area contributed by atoms with Crippen molar-refractivity contribution in [1.29, 1.82) is 0 Å². The first-order chi connectivity index (χ1) is 12.2. The van der Waals surface area contributed by atoms with Gasteiger partial charge in [-0.25, -0.2) is 0 Å². The lowest BCUT2D eigenvalue weighted by Gasteiger charge is -2.12. The molecule has 0 fully saturated rings. The van der Waals surface area contributed by atoms with Crippen molar-refractivity contribution in [1.82, 2.24) is 0 Å². The van der Waals surface area contributed by atoms with E-state index in [1.165, 1.54) is 0 Å². The largest absolute Gasteiger partial charge is 0.493 e. The molecule has 0 saturated heterocycles. The second kappa shape index (κ2) is 8.36. The second-order valence-corrected chi connectivity index (χ2v) is 5.95. The molecule has 3 nitrogen and oxygen atoms in total. The topological polar surface area (TPSA) is 38.3 Å². The van der Waals surface area contributed by atoms with E-state index in [-0.39, 0.29) is 12.3 Å². The van der Waals surface area contributed by atoms with E-state index in [0.717, 1.165) is 16.8 Å². The predicted octanol–water partition coefficient (Wildman–Crippen LogP) is 5.41. The van der Waals surface area contributed by atoms with Crippen LogP contribution in [0, 0.1) is 0 Å². The van der Waals surface area contributed by atoms with Gasteiger partial charge in [0.25, 0.3) is 0 Å². The fraction of sp³-hybridized carbons (Fsp3) is 0.0952. The first-order valence-electron chi connectivity index (χ1n) is 8.05. The molecule has 0 aliphatic carbocycles. The minimum atomic E-state index is -0.0922. The van der Waals surface area contributed by atoms with E-state index < -0.39 is 0 Å². The van der Waals surface area contributed by atoms with Gasteiger partial charge in [0, 0.05) is 16.3 Å². The predicted molar refractivity (Wildman–Crippen MR) is 102 cm³/mol. The summed E-state index contributed by atoms with van der Waals surface area (Å²) < 4.78 is 5.56. The van der Waals surface area contributed by atoms with Gasteiger partial charge in [-0.15, -0.1) is 0 Å². The minimum absolute atomic E-state index is 0.0922. The molecule has 0 heterocycles. The SMILES string of the molecule is O=C(CCOc1cccc(Cl)c1)Nc1ccccc1-c1ccccc1. The Bertz CT molecular complexity index is 849. The zero-order chi connectivity index (χ0) is 17.5. The van der Waals surface area contributed by atoms with Gasteiger partial charge in [0.1, 0.15) is 5.75 Å². The van der Waals surface area contributed by atoms with Gasteiger partial charge in [-0.05, 0) is 29.8 Å². The van der Waals surface area contributed by atoms with Crippen molar-refractivity contribution in [2.24, 2.45) is 0 Å². The number of carbonyl (C=O) groups excluding carboxylic acids is 1. The molecule has 0 radical (unpaired) electrons. The number of carbonyl (C=O) groups is 1. The van der Waals surface area contributed by atoms with Crippen molar-refractivity contribution in [3.05, 3.63) is 83.9 Å². The number of rotatable bonds is 6. The molecule has 0 spiro atoms. The zero-order valence-corrected chi connectivity index (χ0v) is 14.4. The summed E-state index contributed by atoms with van der Waals surface area (Å²) in [5.74, 6) is 0.565. The highest BCUT2D eigenvalue weighted by molar-refractivity contribution is 6.30. The van der Waals surface area contributed by atoms with Crippen LogP contribution in [0.15, 0.2) is 78.9 Å². The molecule has 126 valence electrons. The fourth-order valence-electron chi connectivity index (χ4n) is 2.49. The highest BCUT2D eigenvalue weighted by atomic mass is 35.5. The average molecular weight is 352 g/mol. The normalized spacial score (nSPS) is 10.3. The Kier molecular flexibility index (Phi) is 5.70. The molecule has 3 aromatic carbocycles. The summed E-state index contributed by atoms with van der Waals surface area (Å²) >= 11 is 5.91. The van der Waals surface area contributed by atoms with Crippen LogP contribution in [0.25, 0.3) is 11.1 Å². The number of ether oxygens (including phenoxy) is 1. The lowest BCUT2D eigenvalue weighted by atomic mass is 10.0. The molecule has 0 aromatic heterocycles. The molecule has 4 heteroatoms. The van der Waals surface area contributed by atoms with Crippen LogP contribution < -0.4 is 10.1 Å². The van der Waals surface area contributed by atoms with Crippen LogP contribution in [0.4, 0.5) is 5.69 Å². The molecule has 1 amide bonds. The molecule has 25 heavy (non-hydrogen) atoms. The number of hydrogen-bond donors (Lipinski definition) is 1. The maximum atomic E-state index is 12.2. The van der Waals surface area contributed by atoms with Crippen LogP contribution >= 0.6 is 11.6 Å². The summed E-state index contributed by atoms with van der Waals surface area (Å²) in [6.45, 7) is 0.291. The third kappa shape index (κ3) is 4.85. The van der Waals surface area contributed by atoms with Crippen LogP contribution in [0.3, 0.4) is 0 Å². The molecule has 0 atom stereocenters. The van der Waals surface area contributed by atoms with Gasteiger partial charge in [-0.1, -0.05) is 66.2 Å². The Morgan fingerprint density at radius 2 is 1.68 bits per heavy atom. The van der Waals surface area contributed by atoms with Crippen LogP contribution in [0.1, 0.15) is 6.42 Å². The monoisotopic (exact) mass is 351 g/mol. The third-order valence-electron chi connectivity index (χ3n) is 3.68. The van der Waals surface area contributed by atoms with E-state index in [0.29, 0.717) is 17.4 Å². The Hall–Kier alpha value is -2.78. The fourth-order valence-corrected chi connectivity index (χ4v) is 2.67. The Morgan fingerprint density at radius 1 is 0.920 bits per heavy atom. The van der Waals surface area contributed by atoms with Gasteiger partial charge in [0.15, 0.2) is 0 Å². The number of anilines is 1. The molecule has 0 bridgehead atoms. The highest BCUT2D eigenvalue weighted by Crippen LogP contribution is 2.27. The van der Waals surface area contributed by atoms with Crippen molar-refractivity contribution < 1.29 is 9.53 Å².